The third-order valence-corrected chi connectivity index (χ3v) is 2.71. The van der Waals surface area contributed by atoms with Crippen LogP contribution in [0.4, 0.5) is 11.4 Å². The molecule has 4 heteroatoms. The van der Waals surface area contributed by atoms with Crippen molar-refractivity contribution in [2.75, 3.05) is 11.1 Å². The Kier molecular flexibility index (Phi) is 3.28. The van der Waals surface area contributed by atoms with Gasteiger partial charge in [0.05, 0.1) is 11.9 Å². The first kappa shape index (κ1) is 12.1. The van der Waals surface area contributed by atoms with Crippen LogP contribution in [-0.2, 0) is 0 Å². The van der Waals surface area contributed by atoms with Gasteiger partial charge in [0.2, 0.25) is 0 Å². The normalized spacial score (nSPS) is 10.1. The van der Waals surface area contributed by atoms with E-state index in [0.29, 0.717) is 16.9 Å². The van der Waals surface area contributed by atoms with E-state index in [1.807, 2.05) is 32.0 Å². The van der Waals surface area contributed by atoms with Crippen LogP contribution in [0.5, 0.6) is 0 Å². The number of pyridine rings is 1. The number of aromatic nitrogens is 1. The zero-order valence-corrected chi connectivity index (χ0v) is 10.4. The largest absolute Gasteiger partial charge is 0.398 e. The molecule has 0 aliphatic heterocycles. The van der Waals surface area contributed by atoms with Gasteiger partial charge in [0.1, 0.15) is 0 Å². The fourth-order valence-corrected chi connectivity index (χ4v) is 1.53. The number of aryl methyl sites for hydroxylation is 2. The van der Waals surface area contributed by atoms with E-state index in [2.05, 4.69) is 10.3 Å². The van der Waals surface area contributed by atoms with Crippen molar-refractivity contribution in [1.82, 2.24) is 4.98 Å². The zero-order chi connectivity index (χ0) is 13.1. The van der Waals surface area contributed by atoms with Gasteiger partial charge in [-0.25, -0.2) is 0 Å². The van der Waals surface area contributed by atoms with E-state index >= 15 is 0 Å². The number of nitrogens with zero attached hydrogens (tertiary/aromatic N) is 1. The van der Waals surface area contributed by atoms with Crippen molar-refractivity contribution in [2.45, 2.75) is 13.8 Å². The van der Waals surface area contributed by atoms with Crippen molar-refractivity contribution < 1.29 is 4.79 Å². The number of nitrogens with one attached hydrogen (secondary N) is 1. The number of rotatable bonds is 2. The molecule has 0 aliphatic carbocycles. The molecule has 0 unspecified atom stereocenters. The van der Waals surface area contributed by atoms with Crippen LogP contribution in [0.1, 0.15) is 21.6 Å². The quantitative estimate of drug-likeness (QED) is 0.794. The molecule has 1 heterocycles. The second kappa shape index (κ2) is 4.87. The van der Waals surface area contributed by atoms with Crippen molar-refractivity contribution in [3.05, 3.63) is 53.3 Å². The second-order valence-electron chi connectivity index (χ2n) is 4.21. The van der Waals surface area contributed by atoms with Gasteiger partial charge in [-0.1, -0.05) is 6.07 Å². The minimum absolute atomic E-state index is 0.188. The van der Waals surface area contributed by atoms with Gasteiger partial charge >= 0.3 is 0 Å². The highest BCUT2D eigenvalue weighted by Gasteiger charge is 2.07. The summed E-state index contributed by atoms with van der Waals surface area (Å²) in [5.74, 6) is -0.188. The molecule has 0 atom stereocenters. The number of hydrogen-bond donors (Lipinski definition) is 2. The molecule has 0 radical (unpaired) electrons. The summed E-state index contributed by atoms with van der Waals surface area (Å²) in [7, 11) is 0. The number of amides is 1. The molecule has 0 spiro atoms. The Labute approximate surface area is 106 Å². The predicted octanol–water partition coefficient (Wildman–Crippen LogP) is 2.53. The van der Waals surface area contributed by atoms with Crippen LogP contribution in [0.3, 0.4) is 0 Å². The number of benzene rings is 1. The summed E-state index contributed by atoms with van der Waals surface area (Å²) in [6.45, 7) is 3.80. The number of nitrogens with two attached hydrogens (primary N) is 1. The van der Waals surface area contributed by atoms with Crippen molar-refractivity contribution in [2.24, 2.45) is 0 Å². The third-order valence-electron chi connectivity index (χ3n) is 2.71. The van der Waals surface area contributed by atoms with E-state index in [9.17, 15) is 4.79 Å². The lowest BCUT2D eigenvalue weighted by Crippen LogP contribution is -2.12. The number of carbonyl (C=O) groups excluding carboxylic acids is 1. The fraction of sp³-hybridized carbons (Fsp3) is 0.143. The highest BCUT2D eigenvalue weighted by Crippen LogP contribution is 2.14. The molecule has 4 nitrogen and oxygen atoms in total. The molecule has 0 aliphatic rings. The lowest BCUT2D eigenvalue weighted by Gasteiger charge is -2.07. The van der Waals surface area contributed by atoms with Crippen LogP contribution < -0.4 is 11.1 Å². The van der Waals surface area contributed by atoms with Crippen molar-refractivity contribution in [1.29, 1.82) is 0 Å². The first-order chi connectivity index (χ1) is 8.56. The van der Waals surface area contributed by atoms with Gasteiger partial charge in [-0.15, -0.1) is 0 Å². The molecule has 2 aromatic rings. The maximum atomic E-state index is 12.0. The summed E-state index contributed by atoms with van der Waals surface area (Å²) in [4.78, 5) is 16.1. The van der Waals surface area contributed by atoms with Crippen molar-refractivity contribution >= 4 is 17.3 Å². The zero-order valence-electron chi connectivity index (χ0n) is 10.4. The first-order valence-corrected chi connectivity index (χ1v) is 5.66. The number of nitrogen functional groups attached to an aromatic ring is 1. The third kappa shape index (κ3) is 2.66. The monoisotopic (exact) mass is 241 g/mol. The molecule has 1 aromatic heterocycles. The molecular formula is C14H15N3O. The first-order valence-electron chi connectivity index (χ1n) is 5.66. The smallest absolute Gasteiger partial charge is 0.255 e. The van der Waals surface area contributed by atoms with Crippen molar-refractivity contribution in [3.8, 4) is 0 Å². The van der Waals surface area contributed by atoms with E-state index in [1.165, 1.54) is 0 Å². The van der Waals surface area contributed by atoms with E-state index in [4.69, 9.17) is 5.73 Å². The van der Waals surface area contributed by atoms with Gasteiger partial charge in [-0.3, -0.25) is 9.78 Å². The van der Waals surface area contributed by atoms with Gasteiger partial charge in [-0.05, 0) is 43.7 Å². The standard InChI is InChI=1S/C14H15N3O/c1-9-3-5-11(7-13(9)15)14(18)17-12-6-4-10(2)16-8-12/h3-8H,15H2,1-2H3,(H,17,18). The molecule has 0 bridgehead atoms. The Hall–Kier alpha value is -2.36. The second-order valence-corrected chi connectivity index (χ2v) is 4.21. The molecule has 1 aromatic carbocycles. The average molecular weight is 241 g/mol. The lowest BCUT2D eigenvalue weighted by atomic mass is 10.1. The van der Waals surface area contributed by atoms with Gasteiger partial charge in [0, 0.05) is 16.9 Å². The van der Waals surface area contributed by atoms with E-state index in [0.717, 1.165) is 11.3 Å². The molecule has 0 saturated heterocycles. The average Bonchev–Trinajstić information content (AvgIpc) is 2.35. The van der Waals surface area contributed by atoms with E-state index < -0.39 is 0 Å². The highest BCUT2D eigenvalue weighted by molar-refractivity contribution is 6.04. The van der Waals surface area contributed by atoms with Crippen LogP contribution in [0.2, 0.25) is 0 Å². The van der Waals surface area contributed by atoms with E-state index in [1.54, 1.807) is 18.3 Å². The maximum absolute atomic E-state index is 12.0. The lowest BCUT2D eigenvalue weighted by molar-refractivity contribution is 0.102. The maximum Gasteiger partial charge on any atom is 0.255 e. The Bertz CT molecular complexity index is 576. The van der Waals surface area contributed by atoms with Gasteiger partial charge in [-0.2, -0.15) is 0 Å². The minimum atomic E-state index is -0.188. The van der Waals surface area contributed by atoms with Gasteiger partial charge in [0.25, 0.3) is 5.91 Å². The molecule has 0 fully saturated rings. The molecule has 92 valence electrons. The fourth-order valence-electron chi connectivity index (χ4n) is 1.53. The minimum Gasteiger partial charge on any atom is -0.398 e. The summed E-state index contributed by atoms with van der Waals surface area (Å²) >= 11 is 0. The summed E-state index contributed by atoms with van der Waals surface area (Å²) in [5, 5.41) is 2.78. The van der Waals surface area contributed by atoms with Crippen LogP contribution in [0, 0.1) is 13.8 Å². The Morgan fingerprint density at radius 2 is 2.00 bits per heavy atom. The number of carbonyl (C=O) groups is 1. The summed E-state index contributed by atoms with van der Waals surface area (Å²) in [5.41, 5.74) is 9.48. The topological polar surface area (TPSA) is 68.0 Å². The van der Waals surface area contributed by atoms with Crippen molar-refractivity contribution in [3.63, 3.8) is 0 Å². The SMILES string of the molecule is Cc1ccc(NC(=O)c2ccc(C)c(N)c2)cn1. The molecule has 1 amide bonds. The predicted molar refractivity (Wildman–Crippen MR) is 72.5 cm³/mol. The summed E-state index contributed by atoms with van der Waals surface area (Å²) < 4.78 is 0. The Balaban J connectivity index is 2.16. The Morgan fingerprint density at radius 3 is 2.61 bits per heavy atom. The molecule has 0 saturated carbocycles. The summed E-state index contributed by atoms with van der Waals surface area (Å²) in [6, 6.07) is 8.92. The number of anilines is 2. The molecular weight excluding hydrogens is 226 g/mol. The van der Waals surface area contributed by atoms with Crippen LogP contribution in [-0.4, -0.2) is 10.9 Å². The summed E-state index contributed by atoms with van der Waals surface area (Å²) in [6.07, 6.45) is 1.63. The van der Waals surface area contributed by atoms with Crippen LogP contribution in [0.15, 0.2) is 36.5 Å². The van der Waals surface area contributed by atoms with E-state index in [-0.39, 0.29) is 5.91 Å². The van der Waals surface area contributed by atoms with Gasteiger partial charge < -0.3 is 11.1 Å². The number of hydrogen-bond acceptors (Lipinski definition) is 3. The molecule has 18 heavy (non-hydrogen) atoms. The highest BCUT2D eigenvalue weighted by atomic mass is 16.1. The Morgan fingerprint density at radius 1 is 1.22 bits per heavy atom. The van der Waals surface area contributed by atoms with Crippen LogP contribution in [0.25, 0.3) is 0 Å². The van der Waals surface area contributed by atoms with Gasteiger partial charge in [0.15, 0.2) is 0 Å². The molecule has 3 N–H and O–H groups in total. The van der Waals surface area contributed by atoms with Crippen LogP contribution >= 0.6 is 0 Å². The molecule has 2 rings (SSSR count).